The summed E-state index contributed by atoms with van der Waals surface area (Å²) in [5, 5.41) is 9.81. The molecule has 1 saturated carbocycles. The van der Waals surface area contributed by atoms with Crippen molar-refractivity contribution in [1.29, 1.82) is 0 Å². The van der Waals surface area contributed by atoms with Crippen molar-refractivity contribution in [2.75, 3.05) is 11.9 Å². The van der Waals surface area contributed by atoms with E-state index in [-0.39, 0.29) is 12.5 Å². The van der Waals surface area contributed by atoms with E-state index in [1.807, 2.05) is 41.9 Å². The Morgan fingerprint density at radius 1 is 1.23 bits per heavy atom. The van der Waals surface area contributed by atoms with Gasteiger partial charge in [-0.25, -0.2) is 4.68 Å². The standard InChI is InChI=1S/C23H24N4O3S/c1-15(20-8-5-11-29-20)26-27-19(14-31-23(27)24-17-6-3-2-4-7-17)16-9-10-21-18(12-16)25-22(28)13-30-21/h5,8-12,14,17H,2-4,6-7,13H2,1H3,(H,25,28). The van der Waals surface area contributed by atoms with Crippen LogP contribution in [0.1, 0.15) is 44.8 Å². The Morgan fingerprint density at radius 2 is 2.10 bits per heavy atom. The first-order valence-electron chi connectivity index (χ1n) is 10.6. The highest BCUT2D eigenvalue weighted by molar-refractivity contribution is 7.07. The molecule has 0 radical (unpaired) electrons. The molecule has 2 aromatic heterocycles. The lowest BCUT2D eigenvalue weighted by atomic mass is 9.96. The molecule has 2 aliphatic rings. The van der Waals surface area contributed by atoms with Crippen LogP contribution in [0.25, 0.3) is 11.3 Å². The SMILES string of the molecule is CC(=Nn1c(-c2ccc3c(c2)NC(=O)CO3)csc1=NC1CCCCC1)c1ccco1. The van der Waals surface area contributed by atoms with Gasteiger partial charge in [-0.15, -0.1) is 11.3 Å². The Hall–Kier alpha value is -3.13. The van der Waals surface area contributed by atoms with Crippen molar-refractivity contribution in [3.05, 3.63) is 52.5 Å². The van der Waals surface area contributed by atoms with Gasteiger partial charge in [-0.3, -0.25) is 9.79 Å². The van der Waals surface area contributed by atoms with Crippen LogP contribution in [-0.4, -0.2) is 28.9 Å². The van der Waals surface area contributed by atoms with E-state index < -0.39 is 0 Å². The maximum Gasteiger partial charge on any atom is 0.262 e. The minimum Gasteiger partial charge on any atom is -0.482 e. The number of hydrogen-bond donors (Lipinski definition) is 1. The summed E-state index contributed by atoms with van der Waals surface area (Å²) in [6.45, 7) is 1.97. The van der Waals surface area contributed by atoms with Crippen LogP contribution >= 0.6 is 11.3 Å². The Morgan fingerprint density at radius 3 is 2.90 bits per heavy atom. The van der Waals surface area contributed by atoms with Gasteiger partial charge in [-0.2, -0.15) is 5.10 Å². The fraction of sp³-hybridized carbons (Fsp3) is 0.348. The molecule has 1 fully saturated rings. The van der Waals surface area contributed by atoms with Crippen molar-refractivity contribution < 1.29 is 13.9 Å². The minimum atomic E-state index is -0.150. The van der Waals surface area contributed by atoms with Crippen LogP contribution in [-0.2, 0) is 4.79 Å². The Labute approximate surface area is 184 Å². The van der Waals surface area contributed by atoms with Crippen LogP contribution in [0.15, 0.2) is 56.5 Å². The largest absolute Gasteiger partial charge is 0.482 e. The highest BCUT2D eigenvalue weighted by Crippen LogP contribution is 2.33. The zero-order valence-electron chi connectivity index (χ0n) is 17.3. The molecule has 31 heavy (non-hydrogen) atoms. The van der Waals surface area contributed by atoms with Crippen molar-refractivity contribution in [2.45, 2.75) is 45.1 Å². The fourth-order valence-electron chi connectivity index (χ4n) is 3.98. The minimum absolute atomic E-state index is 0.0435. The molecule has 1 amide bonds. The number of ether oxygens (including phenoxy) is 1. The summed E-state index contributed by atoms with van der Waals surface area (Å²) in [5.74, 6) is 1.24. The molecule has 0 spiro atoms. The van der Waals surface area contributed by atoms with E-state index in [1.54, 1.807) is 17.6 Å². The summed E-state index contributed by atoms with van der Waals surface area (Å²) in [7, 11) is 0. The van der Waals surface area contributed by atoms with Crippen LogP contribution in [0.3, 0.4) is 0 Å². The zero-order chi connectivity index (χ0) is 21.2. The molecule has 1 aliphatic carbocycles. The summed E-state index contributed by atoms with van der Waals surface area (Å²) in [6, 6.07) is 9.88. The van der Waals surface area contributed by atoms with Crippen molar-refractivity contribution in [1.82, 2.24) is 4.68 Å². The summed E-state index contributed by atoms with van der Waals surface area (Å²) < 4.78 is 12.9. The van der Waals surface area contributed by atoms with E-state index in [2.05, 4.69) is 10.7 Å². The molecule has 0 bridgehead atoms. The maximum atomic E-state index is 11.8. The van der Waals surface area contributed by atoms with Gasteiger partial charge in [0, 0.05) is 10.9 Å². The van der Waals surface area contributed by atoms with Crippen LogP contribution < -0.4 is 14.9 Å². The molecule has 8 heteroatoms. The molecule has 160 valence electrons. The highest BCUT2D eigenvalue weighted by Gasteiger charge is 2.19. The summed E-state index contributed by atoms with van der Waals surface area (Å²) in [5.41, 5.74) is 3.28. The van der Waals surface area contributed by atoms with E-state index in [9.17, 15) is 4.79 Å². The lowest BCUT2D eigenvalue weighted by molar-refractivity contribution is -0.118. The second-order valence-electron chi connectivity index (χ2n) is 7.85. The van der Waals surface area contributed by atoms with E-state index in [0.717, 1.165) is 40.4 Å². The number of carbonyl (C=O) groups excluding carboxylic acids is 1. The van der Waals surface area contributed by atoms with Crippen LogP contribution in [0.4, 0.5) is 5.69 Å². The molecule has 1 aliphatic heterocycles. The van der Waals surface area contributed by atoms with Gasteiger partial charge in [0.05, 0.1) is 23.7 Å². The molecular formula is C23H24N4O3S. The number of thiazole rings is 1. The molecule has 0 unspecified atom stereocenters. The van der Waals surface area contributed by atoms with Gasteiger partial charge in [-0.1, -0.05) is 19.3 Å². The summed E-state index contributed by atoms with van der Waals surface area (Å²) >= 11 is 1.58. The first-order chi connectivity index (χ1) is 15.2. The zero-order valence-corrected chi connectivity index (χ0v) is 18.2. The Kier molecular flexibility index (Phi) is 5.46. The van der Waals surface area contributed by atoms with Crippen molar-refractivity contribution in [3.63, 3.8) is 0 Å². The first kappa shape index (κ1) is 19.8. The number of hydrogen-bond acceptors (Lipinski definition) is 6. The van der Waals surface area contributed by atoms with Gasteiger partial charge >= 0.3 is 0 Å². The molecule has 0 atom stereocenters. The van der Waals surface area contributed by atoms with E-state index >= 15 is 0 Å². The molecule has 3 heterocycles. The molecule has 5 rings (SSSR count). The third-order valence-electron chi connectivity index (χ3n) is 5.59. The Bertz CT molecular complexity index is 1180. The first-order valence-corrected chi connectivity index (χ1v) is 11.5. The van der Waals surface area contributed by atoms with E-state index in [1.165, 1.54) is 19.3 Å². The van der Waals surface area contributed by atoms with Crippen LogP contribution in [0.5, 0.6) is 5.75 Å². The number of aromatic nitrogens is 1. The van der Waals surface area contributed by atoms with Gasteiger partial charge in [0.25, 0.3) is 5.91 Å². The lowest BCUT2D eigenvalue weighted by Crippen LogP contribution is -2.25. The monoisotopic (exact) mass is 436 g/mol. The number of anilines is 1. The molecule has 3 aromatic rings. The smallest absolute Gasteiger partial charge is 0.262 e. The summed E-state index contributed by atoms with van der Waals surface area (Å²) in [6.07, 6.45) is 7.64. The highest BCUT2D eigenvalue weighted by atomic mass is 32.1. The number of rotatable bonds is 4. The number of fused-ring (bicyclic) bond motifs is 1. The number of nitrogens with one attached hydrogen (secondary N) is 1. The van der Waals surface area contributed by atoms with Crippen molar-refractivity contribution in [3.8, 4) is 17.0 Å². The van der Waals surface area contributed by atoms with Gasteiger partial charge in [-0.05, 0) is 50.1 Å². The number of benzene rings is 1. The fourth-order valence-corrected chi connectivity index (χ4v) is 4.88. The lowest BCUT2D eigenvalue weighted by Gasteiger charge is -2.18. The average molecular weight is 437 g/mol. The Balaban J connectivity index is 1.60. The number of furan rings is 1. The number of carbonyl (C=O) groups is 1. The second kappa shape index (κ2) is 8.55. The molecular weight excluding hydrogens is 412 g/mol. The van der Waals surface area contributed by atoms with Crippen LogP contribution in [0.2, 0.25) is 0 Å². The van der Waals surface area contributed by atoms with Gasteiger partial charge in [0.2, 0.25) is 4.80 Å². The van der Waals surface area contributed by atoms with E-state index in [4.69, 9.17) is 19.2 Å². The third-order valence-corrected chi connectivity index (χ3v) is 6.42. The normalized spacial score (nSPS) is 17.9. The summed E-state index contributed by atoms with van der Waals surface area (Å²) in [4.78, 5) is 17.7. The quantitative estimate of drug-likeness (QED) is 0.605. The van der Waals surface area contributed by atoms with E-state index in [0.29, 0.717) is 17.5 Å². The topological polar surface area (TPSA) is 81.1 Å². The predicted octanol–water partition coefficient (Wildman–Crippen LogP) is 4.65. The molecule has 0 saturated heterocycles. The molecule has 7 nitrogen and oxygen atoms in total. The number of amides is 1. The van der Waals surface area contributed by atoms with Gasteiger partial charge in [0.1, 0.15) is 17.2 Å². The van der Waals surface area contributed by atoms with Crippen molar-refractivity contribution in [2.24, 2.45) is 10.1 Å². The third kappa shape index (κ3) is 4.20. The molecule has 1 aromatic carbocycles. The van der Waals surface area contributed by atoms with Gasteiger partial charge in [0.15, 0.2) is 6.61 Å². The van der Waals surface area contributed by atoms with Crippen LogP contribution in [0, 0.1) is 0 Å². The maximum absolute atomic E-state index is 11.8. The predicted molar refractivity (Wildman–Crippen MR) is 121 cm³/mol. The van der Waals surface area contributed by atoms with Crippen molar-refractivity contribution >= 4 is 28.6 Å². The average Bonchev–Trinajstić information content (AvgIpc) is 3.45. The second-order valence-corrected chi connectivity index (χ2v) is 8.68. The molecule has 1 N–H and O–H groups in total. The number of nitrogens with zero attached hydrogens (tertiary/aromatic N) is 3. The van der Waals surface area contributed by atoms with Gasteiger partial charge < -0.3 is 14.5 Å².